The van der Waals surface area contributed by atoms with E-state index in [4.69, 9.17) is 27.4 Å². The number of imidazole rings is 1. The van der Waals surface area contributed by atoms with Gasteiger partial charge in [-0.05, 0) is 38.0 Å². The second kappa shape index (κ2) is 11.5. The van der Waals surface area contributed by atoms with E-state index in [-0.39, 0.29) is 6.04 Å². The number of benzene rings is 3. The van der Waals surface area contributed by atoms with Crippen molar-refractivity contribution >= 4 is 51.8 Å². The second-order valence-electron chi connectivity index (χ2n) is 10.6. The topological polar surface area (TPSA) is 106 Å². The van der Waals surface area contributed by atoms with Crippen LogP contribution in [0.3, 0.4) is 0 Å². The zero-order valence-corrected chi connectivity index (χ0v) is 26.0. The van der Waals surface area contributed by atoms with Crippen molar-refractivity contribution in [3.63, 3.8) is 0 Å². The molecule has 1 aliphatic rings. The zero-order chi connectivity index (χ0) is 33.1. The number of pyridine rings is 1. The maximum Gasteiger partial charge on any atom is 0.485 e. The number of methoxy groups -OCH3 is 2. The summed E-state index contributed by atoms with van der Waals surface area (Å²) in [5.41, 5.74) is -2.61. The van der Waals surface area contributed by atoms with Gasteiger partial charge in [-0.3, -0.25) is 4.98 Å². The fraction of sp³-hybridized carbons (Fsp3) is 0.226. The molecule has 7 rings (SSSR count). The van der Waals surface area contributed by atoms with Gasteiger partial charge < -0.3 is 18.6 Å². The Morgan fingerprint density at radius 3 is 2.28 bits per heavy atom. The van der Waals surface area contributed by atoms with Crippen molar-refractivity contribution in [3.05, 3.63) is 78.1 Å². The number of halogens is 5. The van der Waals surface area contributed by atoms with Crippen molar-refractivity contribution < 1.29 is 44.4 Å². The van der Waals surface area contributed by atoms with Crippen LogP contribution in [0.5, 0.6) is 11.5 Å². The van der Waals surface area contributed by atoms with Crippen LogP contribution in [0.15, 0.2) is 60.9 Å². The molecule has 0 spiro atoms. The Balaban J connectivity index is 0.000000414. The molecule has 0 bridgehead atoms. The number of hydrogen-bond acceptors (Lipinski definition) is 7. The average molecular weight is 678 g/mol. The fourth-order valence-electron chi connectivity index (χ4n) is 5.29. The standard InChI is InChI=1S/C30H24F2N3O2S.CHF3O3S/c1-16-4-7-28-21(8-16)22-10-19(36-2)11-27(37-3)29(22)38(28)20-9-17(14-33-15-20)30-34-25-12-23(31)24(32)13-26(25)35(30)18-5-6-18;2-1(3,4)8(5,6)7/h4,7-15,18H,5-6H2,1-3H3;(H,5,6,7)/q+1;/p-1. The minimum absolute atomic E-state index is 0.217. The van der Waals surface area contributed by atoms with Crippen molar-refractivity contribution in [2.45, 2.75) is 31.3 Å². The van der Waals surface area contributed by atoms with E-state index in [9.17, 15) is 22.0 Å². The highest BCUT2D eigenvalue weighted by Crippen LogP contribution is 2.53. The lowest BCUT2D eigenvalue weighted by Gasteiger charge is -2.08. The van der Waals surface area contributed by atoms with Gasteiger partial charge >= 0.3 is 5.51 Å². The predicted molar refractivity (Wildman–Crippen MR) is 164 cm³/mol. The van der Waals surface area contributed by atoms with Crippen molar-refractivity contribution in [2.24, 2.45) is 0 Å². The summed E-state index contributed by atoms with van der Waals surface area (Å²) in [6.45, 7) is 2.09. The molecular weight excluding hydrogens is 653 g/mol. The molecular formula is C31H24F5N3O5S2. The number of rotatable bonds is 5. The van der Waals surface area contributed by atoms with E-state index < -0.39 is 37.7 Å². The molecule has 1 fully saturated rings. The molecule has 46 heavy (non-hydrogen) atoms. The number of alkyl halides is 3. The minimum Gasteiger partial charge on any atom is -0.741 e. The van der Waals surface area contributed by atoms with Gasteiger partial charge in [0.1, 0.15) is 11.6 Å². The van der Waals surface area contributed by atoms with Crippen LogP contribution in [0.25, 0.3) is 47.5 Å². The SMILES string of the molecule is COc1cc(OC)c2c(c1)c1cc(C)ccc1[s+]2-c1cncc(-c2nc3cc(F)c(F)cc3n2C2CC2)c1.O=S(=O)([O-])C(F)(F)F. The molecule has 6 aromatic rings. The summed E-state index contributed by atoms with van der Waals surface area (Å²) in [4.78, 5) is 10.4. The van der Waals surface area contributed by atoms with Crippen molar-refractivity contribution in [2.75, 3.05) is 14.2 Å². The van der Waals surface area contributed by atoms with Crippen molar-refractivity contribution in [1.82, 2.24) is 14.5 Å². The van der Waals surface area contributed by atoms with Crippen LogP contribution in [-0.4, -0.2) is 47.2 Å². The highest BCUT2D eigenvalue weighted by Gasteiger charge is 2.37. The molecule has 0 amide bonds. The molecule has 0 saturated heterocycles. The van der Waals surface area contributed by atoms with Crippen LogP contribution >= 0.6 is 10.5 Å². The molecule has 1 atom stereocenters. The van der Waals surface area contributed by atoms with Gasteiger partial charge in [0.15, 0.2) is 37.1 Å². The zero-order valence-electron chi connectivity index (χ0n) is 24.4. The maximum atomic E-state index is 14.2. The van der Waals surface area contributed by atoms with Gasteiger partial charge in [-0.25, -0.2) is 22.2 Å². The summed E-state index contributed by atoms with van der Waals surface area (Å²) in [5.74, 6) is 0.419. The van der Waals surface area contributed by atoms with E-state index in [0.29, 0.717) is 16.9 Å². The molecule has 240 valence electrons. The summed E-state index contributed by atoms with van der Waals surface area (Å²) in [6.07, 6.45) is 5.62. The van der Waals surface area contributed by atoms with Crippen LogP contribution in [0.4, 0.5) is 22.0 Å². The first kappa shape index (κ1) is 31.6. The van der Waals surface area contributed by atoms with Gasteiger partial charge in [0.05, 0.1) is 36.8 Å². The largest absolute Gasteiger partial charge is 0.741 e. The molecule has 1 saturated carbocycles. The first-order valence-electron chi connectivity index (χ1n) is 13.7. The van der Waals surface area contributed by atoms with E-state index in [0.717, 1.165) is 50.3 Å². The van der Waals surface area contributed by atoms with E-state index in [1.165, 1.54) is 22.4 Å². The predicted octanol–water partition coefficient (Wildman–Crippen LogP) is 8.13. The van der Waals surface area contributed by atoms with Crippen LogP contribution in [0, 0.1) is 18.6 Å². The second-order valence-corrected chi connectivity index (χ2v) is 13.9. The number of aromatic nitrogens is 3. The van der Waals surface area contributed by atoms with Crippen LogP contribution in [0.1, 0.15) is 24.4 Å². The van der Waals surface area contributed by atoms with E-state index in [1.807, 2.05) is 16.8 Å². The molecule has 8 nitrogen and oxygen atoms in total. The minimum atomic E-state index is -6.09. The molecule has 0 N–H and O–H groups in total. The normalized spacial score (nSPS) is 14.1. The first-order chi connectivity index (χ1) is 21.7. The highest BCUT2D eigenvalue weighted by atomic mass is 32.2. The summed E-state index contributed by atoms with van der Waals surface area (Å²) < 4.78 is 103. The van der Waals surface area contributed by atoms with Crippen molar-refractivity contribution in [3.8, 4) is 27.8 Å². The first-order valence-corrected chi connectivity index (χ1v) is 16.3. The lowest BCUT2D eigenvalue weighted by molar-refractivity contribution is -0.0517. The molecule has 1 aliphatic carbocycles. The van der Waals surface area contributed by atoms with Crippen LogP contribution < -0.4 is 9.47 Å². The Morgan fingerprint density at radius 2 is 1.65 bits per heavy atom. The number of hydrogen-bond donors (Lipinski definition) is 0. The summed E-state index contributed by atoms with van der Waals surface area (Å²) in [5, 5.41) is 2.24. The number of fused-ring (bicyclic) bond motifs is 4. The smallest absolute Gasteiger partial charge is 0.485 e. The monoisotopic (exact) mass is 677 g/mol. The van der Waals surface area contributed by atoms with Gasteiger partial charge in [-0.2, -0.15) is 13.2 Å². The van der Waals surface area contributed by atoms with Gasteiger partial charge in [-0.1, -0.05) is 11.6 Å². The quantitative estimate of drug-likeness (QED) is 0.0785. The molecule has 0 aliphatic heterocycles. The van der Waals surface area contributed by atoms with Gasteiger partial charge in [0, 0.05) is 57.9 Å². The summed E-state index contributed by atoms with van der Waals surface area (Å²) in [7, 11) is -3.24. The summed E-state index contributed by atoms with van der Waals surface area (Å²) >= 11 is 0. The Kier molecular flexibility index (Phi) is 7.89. The third-order valence-corrected chi connectivity index (χ3v) is 10.4. The summed E-state index contributed by atoms with van der Waals surface area (Å²) in [6, 6.07) is 15.2. The maximum absolute atomic E-state index is 14.2. The van der Waals surface area contributed by atoms with Gasteiger partial charge in [0.2, 0.25) is 4.70 Å². The molecule has 0 radical (unpaired) electrons. The number of ether oxygens (including phenoxy) is 2. The molecule has 3 aromatic heterocycles. The Hall–Kier alpha value is -4.34. The van der Waals surface area contributed by atoms with Crippen LogP contribution in [-0.2, 0) is 10.1 Å². The van der Waals surface area contributed by atoms with E-state index in [1.54, 1.807) is 20.4 Å². The third kappa shape index (κ3) is 5.62. The molecule has 1 unspecified atom stereocenters. The lowest BCUT2D eigenvalue weighted by Crippen LogP contribution is -2.21. The van der Waals surface area contributed by atoms with Crippen molar-refractivity contribution in [1.29, 1.82) is 0 Å². The number of nitrogens with zero attached hydrogens (tertiary/aromatic N) is 3. The number of thiophene rings is 1. The average Bonchev–Trinajstić information content (AvgIpc) is 3.70. The fourth-order valence-corrected chi connectivity index (χ4v) is 7.74. The Bertz CT molecular complexity index is 2260. The Morgan fingerprint density at radius 1 is 0.957 bits per heavy atom. The molecule has 3 aromatic carbocycles. The number of aryl methyl sites for hydroxylation is 1. The third-order valence-electron chi connectivity index (χ3n) is 7.47. The lowest BCUT2D eigenvalue weighted by atomic mass is 10.1. The van der Waals surface area contributed by atoms with Crippen LogP contribution in [0.2, 0.25) is 0 Å². The molecule has 3 heterocycles. The van der Waals surface area contributed by atoms with E-state index >= 15 is 0 Å². The molecule has 15 heteroatoms. The Labute approximate surface area is 261 Å². The van der Waals surface area contributed by atoms with E-state index in [2.05, 4.69) is 42.2 Å². The van der Waals surface area contributed by atoms with Gasteiger partial charge in [-0.15, -0.1) is 0 Å². The van der Waals surface area contributed by atoms with Gasteiger partial charge in [0.25, 0.3) is 0 Å². The highest BCUT2D eigenvalue weighted by molar-refractivity contribution is 7.86.